The zero-order valence-corrected chi connectivity index (χ0v) is 39.3. The molecule has 0 unspecified atom stereocenters. The van der Waals surface area contributed by atoms with Crippen LogP contribution in [0.2, 0.25) is 10.3 Å². The summed E-state index contributed by atoms with van der Waals surface area (Å²) in [5, 5.41) is 9.22. The lowest BCUT2D eigenvalue weighted by Gasteiger charge is -2.17. The Morgan fingerprint density at radius 3 is 1.56 bits per heavy atom. The van der Waals surface area contributed by atoms with Crippen LogP contribution in [0, 0.1) is 17.3 Å². The minimum Gasteiger partial charge on any atom is -0.370 e. The van der Waals surface area contributed by atoms with E-state index in [1.807, 2.05) is 9.44 Å². The molecular weight excluding hydrogens is 917 g/mol. The lowest BCUT2D eigenvalue weighted by molar-refractivity contribution is 0.0970. The molecule has 5 heterocycles. The van der Waals surface area contributed by atoms with E-state index >= 15 is 0 Å². The molecular formula is C41H54Cl3N9O8S2. The monoisotopic (exact) mass is 969 g/mol. The number of anilines is 2. The number of rotatable bonds is 16. The van der Waals surface area contributed by atoms with Crippen LogP contribution in [0.15, 0.2) is 80.3 Å². The fraction of sp³-hybridized carbons (Fsp3) is 0.463. The van der Waals surface area contributed by atoms with Crippen LogP contribution >= 0.6 is 35.6 Å². The molecule has 17 nitrogen and oxygen atoms in total. The minimum atomic E-state index is -4.26. The summed E-state index contributed by atoms with van der Waals surface area (Å²) < 4.78 is 53.9. The number of aromatic amines is 2. The second kappa shape index (κ2) is 21.9. The van der Waals surface area contributed by atoms with Gasteiger partial charge in [-0.1, -0.05) is 49.2 Å². The Hall–Kier alpha value is -4.53. The van der Waals surface area contributed by atoms with Crippen LogP contribution in [-0.4, -0.2) is 73.8 Å². The Bertz CT molecular complexity index is 2410. The van der Waals surface area contributed by atoms with Gasteiger partial charge in [0.2, 0.25) is 0 Å². The lowest BCUT2D eigenvalue weighted by atomic mass is 9.89. The molecule has 0 radical (unpaired) electrons. The predicted octanol–water partition coefficient (Wildman–Crippen LogP) is 6.10. The van der Waals surface area contributed by atoms with Crippen LogP contribution in [0.4, 0.5) is 11.6 Å². The van der Waals surface area contributed by atoms with Gasteiger partial charge in [0.1, 0.15) is 33.1 Å². The van der Waals surface area contributed by atoms with E-state index in [-0.39, 0.29) is 49.4 Å². The maximum absolute atomic E-state index is 12.6. The molecule has 2 aliphatic rings. The van der Waals surface area contributed by atoms with Crippen molar-refractivity contribution in [2.24, 2.45) is 17.3 Å². The number of hydrogen-bond donors (Lipinski definition) is 7. The molecule has 0 bridgehead atoms. The van der Waals surface area contributed by atoms with E-state index in [1.165, 1.54) is 49.6 Å². The van der Waals surface area contributed by atoms with Gasteiger partial charge in [0.25, 0.3) is 43.0 Å². The van der Waals surface area contributed by atoms with Crippen molar-refractivity contribution in [1.29, 1.82) is 0 Å². The third-order valence-electron chi connectivity index (χ3n) is 10.6. The Kier molecular flexibility index (Phi) is 17.8. The molecule has 0 aromatic carbocycles. The van der Waals surface area contributed by atoms with Gasteiger partial charge in [-0.05, 0) is 138 Å². The van der Waals surface area contributed by atoms with Crippen LogP contribution in [0.1, 0.15) is 99.8 Å². The molecule has 6 rings (SSSR count). The third kappa shape index (κ3) is 15.3. The first-order chi connectivity index (χ1) is 29.1. The molecule has 4 aromatic heterocycles. The van der Waals surface area contributed by atoms with Gasteiger partial charge in [-0.2, -0.15) is 16.8 Å². The number of carbonyl (C=O) groups excluding carboxylic acids is 2. The van der Waals surface area contributed by atoms with E-state index in [4.69, 9.17) is 23.2 Å². The van der Waals surface area contributed by atoms with Gasteiger partial charge >= 0.3 is 0 Å². The molecule has 1 saturated carbocycles. The Balaban J connectivity index is 0.000000272. The van der Waals surface area contributed by atoms with Gasteiger partial charge in [0.15, 0.2) is 10.1 Å². The summed E-state index contributed by atoms with van der Waals surface area (Å²) in [6, 6.07) is 13.9. The molecule has 63 heavy (non-hydrogen) atoms. The van der Waals surface area contributed by atoms with Crippen LogP contribution in [-0.2, 0) is 20.0 Å². The summed E-state index contributed by atoms with van der Waals surface area (Å²) in [7, 11) is -8.51. The smallest absolute Gasteiger partial charge is 0.281 e. The van der Waals surface area contributed by atoms with Crippen molar-refractivity contribution < 1.29 is 26.4 Å². The second-order valence-corrected chi connectivity index (χ2v) is 21.0. The highest BCUT2D eigenvalue weighted by atomic mass is 35.5. The van der Waals surface area contributed by atoms with Crippen molar-refractivity contribution in [3.63, 3.8) is 0 Å². The number of amides is 2. The fourth-order valence-electron chi connectivity index (χ4n) is 7.57. The summed E-state index contributed by atoms with van der Waals surface area (Å²) in [5.74, 6) is 0.0464. The Morgan fingerprint density at radius 1 is 0.698 bits per heavy atom. The molecule has 0 spiro atoms. The van der Waals surface area contributed by atoms with Gasteiger partial charge in [-0.25, -0.2) is 19.4 Å². The van der Waals surface area contributed by atoms with Gasteiger partial charge < -0.3 is 25.9 Å². The minimum absolute atomic E-state index is 0. The van der Waals surface area contributed by atoms with Crippen LogP contribution in [0.25, 0.3) is 0 Å². The number of pyridine rings is 4. The predicted molar refractivity (Wildman–Crippen MR) is 246 cm³/mol. The summed E-state index contributed by atoms with van der Waals surface area (Å²) in [6.45, 7) is 11.4. The number of nitrogens with one attached hydrogen (secondary N) is 7. The van der Waals surface area contributed by atoms with Crippen molar-refractivity contribution in [2.75, 3.05) is 30.3 Å². The normalized spacial score (nSPS) is 17.7. The zero-order chi connectivity index (χ0) is 45.3. The number of H-pyrrole nitrogens is 2. The SMILES string of the molecule is CC1(C)CC[C@@H](CCCNc2cccc(S(=O)(=O)NC(=O)c3ccc(Cl)[nH]c3=O)n2)C1.CC1(C)C[C@H](CCCNc2cccc(S(=O)(=O)NC(=O)c3ccc(Cl)[nH]c3=O)n2)CN1.Cl. The number of carbonyl (C=O) groups is 2. The number of halogens is 3. The Morgan fingerprint density at radius 2 is 1.16 bits per heavy atom. The van der Waals surface area contributed by atoms with Crippen molar-refractivity contribution in [1.82, 2.24) is 34.7 Å². The molecule has 1 saturated heterocycles. The van der Waals surface area contributed by atoms with Crippen LogP contribution in [0.3, 0.4) is 0 Å². The third-order valence-corrected chi connectivity index (χ3v) is 13.5. The molecule has 2 amide bonds. The standard InChI is InChI=1S/C21H27ClN4O4S.C20H26ClN5O4S.ClH/c1-21(2)11-10-14(13-21)5-4-12-23-17-6-3-7-18(25-17)31(29,30)26-20(28)15-8-9-16(22)24-19(15)27;1-20(2)11-13(12-23-20)5-4-10-22-16-6-3-7-17(25-16)31(29,30)26-19(28)14-8-9-15(21)24-18(14)27;/h3,6-9,14H,4-5,10-13H2,1-2H3,(H,23,25)(H,24,27)(H,26,28);3,6-9,13,23H,4-5,10-12H2,1-2H3,(H,22,25)(H,24,27)(H,26,28);1H/t14-;13-;/m10./s1. The zero-order valence-electron chi connectivity index (χ0n) is 35.3. The number of hydrogen-bond acceptors (Lipinski definition) is 13. The largest absolute Gasteiger partial charge is 0.370 e. The van der Waals surface area contributed by atoms with E-state index in [0.717, 1.165) is 56.7 Å². The fourth-order valence-corrected chi connectivity index (χ4v) is 9.74. The number of sulfonamides is 2. The second-order valence-electron chi connectivity index (χ2n) is 16.9. The average molecular weight is 971 g/mol. The topological polar surface area (TPSA) is 254 Å². The first-order valence-electron chi connectivity index (χ1n) is 20.2. The van der Waals surface area contributed by atoms with E-state index in [9.17, 15) is 36.0 Å². The Labute approximate surface area is 383 Å². The van der Waals surface area contributed by atoms with Crippen molar-refractivity contribution in [3.05, 3.63) is 103 Å². The van der Waals surface area contributed by atoms with Crippen LogP contribution < -0.4 is 36.5 Å². The highest BCUT2D eigenvalue weighted by molar-refractivity contribution is 7.90. The highest BCUT2D eigenvalue weighted by Crippen LogP contribution is 2.42. The maximum Gasteiger partial charge on any atom is 0.281 e. The molecule has 344 valence electrons. The molecule has 7 N–H and O–H groups in total. The van der Waals surface area contributed by atoms with Gasteiger partial charge in [0.05, 0.1) is 0 Å². The van der Waals surface area contributed by atoms with E-state index in [2.05, 4.69) is 63.6 Å². The van der Waals surface area contributed by atoms with E-state index in [0.29, 0.717) is 36.1 Å². The molecule has 2 atom stereocenters. The van der Waals surface area contributed by atoms with Crippen molar-refractivity contribution >= 4 is 79.1 Å². The molecule has 2 fully saturated rings. The number of nitrogens with zero attached hydrogens (tertiary/aromatic N) is 2. The first-order valence-corrected chi connectivity index (χ1v) is 23.9. The average Bonchev–Trinajstić information content (AvgIpc) is 3.73. The van der Waals surface area contributed by atoms with Crippen molar-refractivity contribution in [3.8, 4) is 0 Å². The van der Waals surface area contributed by atoms with Gasteiger partial charge in [-0.3, -0.25) is 19.2 Å². The van der Waals surface area contributed by atoms with Crippen molar-refractivity contribution in [2.45, 2.75) is 94.7 Å². The van der Waals surface area contributed by atoms with Gasteiger partial charge in [0, 0.05) is 18.6 Å². The molecule has 22 heteroatoms. The summed E-state index contributed by atoms with van der Waals surface area (Å²) >= 11 is 11.3. The summed E-state index contributed by atoms with van der Waals surface area (Å²) in [5.41, 5.74) is -1.68. The van der Waals surface area contributed by atoms with Gasteiger partial charge in [-0.15, -0.1) is 12.4 Å². The number of aromatic nitrogens is 4. The summed E-state index contributed by atoms with van der Waals surface area (Å²) in [4.78, 5) is 60.7. The lowest BCUT2D eigenvalue weighted by Crippen LogP contribution is -2.34. The first kappa shape index (κ1) is 51.1. The summed E-state index contributed by atoms with van der Waals surface area (Å²) in [6.07, 6.45) is 8.99. The molecule has 1 aliphatic heterocycles. The molecule has 1 aliphatic carbocycles. The molecule has 4 aromatic rings. The van der Waals surface area contributed by atoms with Crippen LogP contribution in [0.5, 0.6) is 0 Å². The quantitative estimate of drug-likeness (QED) is 0.0495. The van der Waals surface area contributed by atoms with E-state index in [1.54, 1.807) is 18.2 Å². The van der Waals surface area contributed by atoms with E-state index < -0.39 is 43.0 Å². The maximum atomic E-state index is 12.6. The highest BCUT2D eigenvalue weighted by Gasteiger charge is 2.31.